The van der Waals surface area contributed by atoms with Crippen molar-refractivity contribution in [3.63, 3.8) is 0 Å². The molecule has 0 aliphatic rings. The molecule has 2 aromatic carbocycles. The van der Waals surface area contributed by atoms with Crippen LogP contribution in [-0.2, 0) is 0 Å². The minimum atomic E-state index is 0.737. The lowest BCUT2D eigenvalue weighted by Crippen LogP contribution is -2.02. The van der Waals surface area contributed by atoms with Gasteiger partial charge in [0.2, 0.25) is 0 Å². The van der Waals surface area contributed by atoms with E-state index in [0.717, 1.165) is 37.6 Å². The Morgan fingerprint density at radius 2 is 1.37 bits per heavy atom. The summed E-state index contributed by atoms with van der Waals surface area (Å²) in [6, 6.07) is 18.0. The Morgan fingerprint density at radius 3 is 2.05 bits per heavy atom. The van der Waals surface area contributed by atoms with Gasteiger partial charge in [-0.25, -0.2) is 0 Å². The summed E-state index contributed by atoms with van der Waals surface area (Å²) in [5.41, 5.74) is 1.23. The maximum Gasteiger partial charge on any atom is 0.119 e. The quantitative estimate of drug-likeness (QED) is 0.690. The average molecular weight is 256 g/mol. The highest BCUT2D eigenvalue weighted by Crippen LogP contribution is 2.13. The van der Waals surface area contributed by atoms with Gasteiger partial charge in [-0.2, -0.15) is 0 Å². The van der Waals surface area contributed by atoms with Crippen molar-refractivity contribution in [2.75, 3.05) is 13.2 Å². The predicted octanol–water partition coefficient (Wildman–Crippen LogP) is 4.23. The zero-order valence-electron chi connectivity index (χ0n) is 11.3. The summed E-state index contributed by atoms with van der Waals surface area (Å²) in [5.74, 6) is 1.88. The third-order valence-corrected chi connectivity index (χ3v) is 2.81. The van der Waals surface area contributed by atoms with Gasteiger partial charge < -0.3 is 9.47 Å². The molecule has 100 valence electrons. The molecule has 0 radical (unpaired) electrons. The standard InChI is InChI=1S/C17H20O2/c1-15-8-7-11-17(14-15)19-13-6-5-12-18-16-9-3-2-4-10-16/h2-4,7-11,14H,5-6,12-13H2,1H3. The van der Waals surface area contributed by atoms with Crippen LogP contribution in [0, 0.1) is 6.92 Å². The van der Waals surface area contributed by atoms with Gasteiger partial charge in [0.15, 0.2) is 0 Å². The van der Waals surface area contributed by atoms with E-state index in [4.69, 9.17) is 9.47 Å². The molecule has 0 heterocycles. The number of benzene rings is 2. The van der Waals surface area contributed by atoms with Crippen molar-refractivity contribution in [1.29, 1.82) is 0 Å². The third-order valence-electron chi connectivity index (χ3n) is 2.81. The fourth-order valence-electron chi connectivity index (χ4n) is 1.81. The molecule has 0 spiro atoms. The SMILES string of the molecule is Cc1cccc(OCCCCOc2ccccc2)c1. The molecule has 0 N–H and O–H groups in total. The van der Waals surface area contributed by atoms with Crippen LogP contribution in [0.5, 0.6) is 11.5 Å². The van der Waals surface area contributed by atoms with Crippen molar-refractivity contribution >= 4 is 0 Å². The molecule has 0 saturated carbocycles. The minimum absolute atomic E-state index is 0.737. The Kier molecular flexibility index (Phi) is 5.30. The smallest absolute Gasteiger partial charge is 0.119 e. The fraction of sp³-hybridized carbons (Fsp3) is 0.294. The van der Waals surface area contributed by atoms with Crippen molar-refractivity contribution in [1.82, 2.24) is 0 Å². The van der Waals surface area contributed by atoms with E-state index >= 15 is 0 Å². The van der Waals surface area contributed by atoms with Crippen LogP contribution >= 0.6 is 0 Å². The molecule has 0 amide bonds. The van der Waals surface area contributed by atoms with E-state index in [1.807, 2.05) is 42.5 Å². The molecule has 0 fully saturated rings. The van der Waals surface area contributed by atoms with Crippen molar-refractivity contribution in [3.05, 3.63) is 60.2 Å². The van der Waals surface area contributed by atoms with Crippen LogP contribution in [0.1, 0.15) is 18.4 Å². The second kappa shape index (κ2) is 7.47. The molecular formula is C17H20O2. The fourth-order valence-corrected chi connectivity index (χ4v) is 1.81. The van der Waals surface area contributed by atoms with Gasteiger partial charge in [-0.15, -0.1) is 0 Å². The predicted molar refractivity (Wildman–Crippen MR) is 77.8 cm³/mol. The molecule has 0 bridgehead atoms. The molecule has 2 aromatic rings. The highest BCUT2D eigenvalue weighted by atomic mass is 16.5. The van der Waals surface area contributed by atoms with E-state index in [0.29, 0.717) is 0 Å². The Morgan fingerprint density at radius 1 is 0.737 bits per heavy atom. The van der Waals surface area contributed by atoms with Crippen LogP contribution in [0.3, 0.4) is 0 Å². The summed E-state index contributed by atoms with van der Waals surface area (Å²) in [6.07, 6.45) is 2.00. The molecule has 0 aromatic heterocycles. The first-order valence-electron chi connectivity index (χ1n) is 6.72. The van der Waals surface area contributed by atoms with Gasteiger partial charge in [0.25, 0.3) is 0 Å². The normalized spacial score (nSPS) is 10.2. The molecule has 2 rings (SSSR count). The van der Waals surface area contributed by atoms with Gasteiger partial charge in [0.1, 0.15) is 11.5 Å². The first-order valence-corrected chi connectivity index (χ1v) is 6.72. The first-order chi connectivity index (χ1) is 9.34. The lowest BCUT2D eigenvalue weighted by atomic mass is 10.2. The monoisotopic (exact) mass is 256 g/mol. The van der Waals surface area contributed by atoms with Gasteiger partial charge in [0.05, 0.1) is 13.2 Å². The van der Waals surface area contributed by atoms with E-state index in [-0.39, 0.29) is 0 Å². The van der Waals surface area contributed by atoms with Crippen LogP contribution in [0.25, 0.3) is 0 Å². The first kappa shape index (κ1) is 13.5. The molecule has 2 heteroatoms. The van der Waals surface area contributed by atoms with E-state index in [2.05, 4.69) is 19.1 Å². The Hall–Kier alpha value is -1.96. The largest absolute Gasteiger partial charge is 0.494 e. The highest BCUT2D eigenvalue weighted by Gasteiger charge is 1.95. The number of hydrogen-bond acceptors (Lipinski definition) is 2. The van der Waals surface area contributed by atoms with E-state index in [9.17, 15) is 0 Å². The van der Waals surface area contributed by atoms with Gasteiger partial charge in [-0.1, -0.05) is 30.3 Å². The topological polar surface area (TPSA) is 18.5 Å². The van der Waals surface area contributed by atoms with Crippen LogP contribution in [0.4, 0.5) is 0 Å². The van der Waals surface area contributed by atoms with Crippen LogP contribution < -0.4 is 9.47 Å². The number of para-hydroxylation sites is 1. The molecule has 19 heavy (non-hydrogen) atoms. The zero-order valence-corrected chi connectivity index (χ0v) is 11.3. The number of rotatable bonds is 7. The Balaban J connectivity index is 1.58. The summed E-state index contributed by atoms with van der Waals surface area (Å²) in [5, 5.41) is 0. The van der Waals surface area contributed by atoms with Gasteiger partial charge in [-0.3, -0.25) is 0 Å². The second-order valence-corrected chi connectivity index (χ2v) is 4.53. The van der Waals surface area contributed by atoms with Crippen molar-refractivity contribution < 1.29 is 9.47 Å². The minimum Gasteiger partial charge on any atom is -0.494 e. The molecule has 2 nitrogen and oxygen atoms in total. The Labute approximate surface area is 115 Å². The van der Waals surface area contributed by atoms with E-state index in [1.165, 1.54) is 5.56 Å². The summed E-state index contributed by atoms with van der Waals surface area (Å²) >= 11 is 0. The lowest BCUT2D eigenvalue weighted by Gasteiger charge is -2.08. The van der Waals surface area contributed by atoms with Gasteiger partial charge >= 0.3 is 0 Å². The van der Waals surface area contributed by atoms with Crippen molar-refractivity contribution in [3.8, 4) is 11.5 Å². The molecule has 0 aliphatic heterocycles. The molecular weight excluding hydrogens is 236 g/mol. The van der Waals surface area contributed by atoms with Crippen molar-refractivity contribution in [2.45, 2.75) is 19.8 Å². The summed E-state index contributed by atoms with van der Waals surface area (Å²) < 4.78 is 11.3. The number of aryl methyl sites for hydroxylation is 1. The molecule has 0 unspecified atom stereocenters. The van der Waals surface area contributed by atoms with E-state index < -0.39 is 0 Å². The zero-order chi connectivity index (χ0) is 13.3. The third kappa shape index (κ3) is 5.04. The van der Waals surface area contributed by atoms with Gasteiger partial charge in [0, 0.05) is 0 Å². The maximum atomic E-state index is 5.68. The number of unbranched alkanes of at least 4 members (excludes halogenated alkanes) is 1. The van der Waals surface area contributed by atoms with Crippen LogP contribution in [0.15, 0.2) is 54.6 Å². The Bertz CT molecular complexity index is 480. The highest BCUT2D eigenvalue weighted by molar-refractivity contribution is 5.27. The second-order valence-electron chi connectivity index (χ2n) is 4.53. The van der Waals surface area contributed by atoms with Crippen LogP contribution in [0.2, 0.25) is 0 Å². The number of ether oxygens (including phenoxy) is 2. The molecule has 0 aliphatic carbocycles. The van der Waals surface area contributed by atoms with Crippen LogP contribution in [-0.4, -0.2) is 13.2 Å². The maximum absolute atomic E-state index is 5.68. The molecule has 0 saturated heterocycles. The summed E-state index contributed by atoms with van der Waals surface area (Å²) in [7, 11) is 0. The van der Waals surface area contributed by atoms with Gasteiger partial charge in [-0.05, 0) is 49.6 Å². The van der Waals surface area contributed by atoms with E-state index in [1.54, 1.807) is 0 Å². The lowest BCUT2D eigenvalue weighted by molar-refractivity contribution is 0.266. The average Bonchev–Trinajstić information content (AvgIpc) is 2.44. The summed E-state index contributed by atoms with van der Waals surface area (Å²) in [6.45, 7) is 3.54. The summed E-state index contributed by atoms with van der Waals surface area (Å²) in [4.78, 5) is 0. The van der Waals surface area contributed by atoms with Crippen molar-refractivity contribution in [2.24, 2.45) is 0 Å². The number of hydrogen-bond donors (Lipinski definition) is 0. The molecule has 0 atom stereocenters.